The highest BCUT2D eigenvalue weighted by Gasteiger charge is 2.45. The predicted molar refractivity (Wildman–Crippen MR) is 186 cm³/mol. The number of imidazole rings is 1. The number of rotatable bonds is 9. The zero-order chi connectivity index (χ0) is 33.5. The third-order valence-electron chi connectivity index (χ3n) is 11.7. The summed E-state index contributed by atoms with van der Waals surface area (Å²) in [6.45, 7) is 14.0. The summed E-state index contributed by atoms with van der Waals surface area (Å²) >= 11 is 0. The average molecular weight is 644 g/mol. The van der Waals surface area contributed by atoms with E-state index < -0.39 is 11.0 Å². The minimum absolute atomic E-state index is 0.0117. The zero-order valence-electron chi connectivity index (χ0n) is 29.3. The largest absolute Gasteiger partial charge is 0.341 e. The number of para-hydroxylation sites is 2. The highest BCUT2D eigenvalue weighted by Crippen LogP contribution is 2.44. The summed E-state index contributed by atoms with van der Waals surface area (Å²) in [6.07, 6.45) is 7.73. The molecule has 3 saturated heterocycles. The molecule has 2 amide bonds. The molecule has 47 heavy (non-hydrogen) atoms. The molecule has 8 heteroatoms. The van der Waals surface area contributed by atoms with Gasteiger partial charge in [0.25, 0.3) is 0 Å². The van der Waals surface area contributed by atoms with E-state index in [4.69, 9.17) is 4.98 Å². The van der Waals surface area contributed by atoms with Crippen molar-refractivity contribution in [2.45, 2.75) is 122 Å². The molecule has 0 saturated carbocycles. The van der Waals surface area contributed by atoms with Crippen molar-refractivity contribution in [1.29, 1.82) is 0 Å². The number of piperidine rings is 2. The van der Waals surface area contributed by atoms with Gasteiger partial charge >= 0.3 is 0 Å². The van der Waals surface area contributed by atoms with Gasteiger partial charge in [-0.3, -0.25) is 14.5 Å². The molecule has 2 bridgehead atoms. The number of carbonyl (C=O) groups excluding carboxylic acids is 2. The molecule has 254 valence electrons. The number of nitrogens with one attached hydrogen (secondary N) is 1. The van der Waals surface area contributed by atoms with Crippen molar-refractivity contribution in [2.24, 2.45) is 11.3 Å². The Kier molecular flexibility index (Phi) is 9.54. The molecule has 3 aliphatic heterocycles. The van der Waals surface area contributed by atoms with Gasteiger partial charge in [0, 0.05) is 42.5 Å². The fourth-order valence-corrected chi connectivity index (χ4v) is 8.90. The Morgan fingerprint density at radius 3 is 2.32 bits per heavy atom. The molecule has 2 aromatic carbocycles. The summed E-state index contributed by atoms with van der Waals surface area (Å²) in [7, 11) is 0. The third-order valence-corrected chi connectivity index (χ3v) is 11.7. The SMILES string of the molecule is CCC(CC)(NC(=O)C(C)(C)C)C(=O)N1CCC(CCN2[C@@H]3CC[C@H]2C[C@@H](n2c(C)nc4ccccc42)C3)C(c2cccc(F)c2)C1. The number of aryl methyl sites for hydroxylation is 1. The number of hydrogen-bond acceptors (Lipinski definition) is 4. The predicted octanol–water partition coefficient (Wildman–Crippen LogP) is 7.40. The lowest BCUT2D eigenvalue weighted by Gasteiger charge is -2.45. The number of nitrogens with zero attached hydrogens (tertiary/aromatic N) is 4. The van der Waals surface area contributed by atoms with Gasteiger partial charge in [-0.05, 0) is 101 Å². The van der Waals surface area contributed by atoms with Crippen molar-refractivity contribution in [3.05, 3.63) is 65.7 Å². The molecule has 1 N–H and O–H groups in total. The van der Waals surface area contributed by atoms with Gasteiger partial charge in [0.05, 0.1) is 11.0 Å². The lowest BCUT2D eigenvalue weighted by atomic mass is 9.77. The van der Waals surface area contributed by atoms with Crippen LogP contribution in [0.25, 0.3) is 11.0 Å². The maximum absolute atomic E-state index is 14.6. The molecule has 5 atom stereocenters. The topological polar surface area (TPSA) is 70.5 Å². The first-order valence-corrected chi connectivity index (χ1v) is 18.0. The second kappa shape index (κ2) is 13.3. The first kappa shape index (κ1) is 33.6. The fraction of sp³-hybridized carbons (Fsp3) is 0.615. The van der Waals surface area contributed by atoms with Gasteiger partial charge in [0.2, 0.25) is 11.8 Å². The zero-order valence-corrected chi connectivity index (χ0v) is 29.3. The van der Waals surface area contributed by atoms with Crippen LogP contribution in [0.15, 0.2) is 48.5 Å². The van der Waals surface area contributed by atoms with E-state index in [-0.39, 0.29) is 23.5 Å². The minimum atomic E-state index is -0.938. The van der Waals surface area contributed by atoms with Crippen LogP contribution in [0.5, 0.6) is 0 Å². The van der Waals surface area contributed by atoms with Crippen molar-refractivity contribution in [1.82, 2.24) is 24.7 Å². The van der Waals surface area contributed by atoms with E-state index in [1.807, 2.05) is 45.6 Å². The second-order valence-electron chi connectivity index (χ2n) is 15.5. The summed E-state index contributed by atoms with van der Waals surface area (Å²) in [5.74, 6) is 1.14. The monoisotopic (exact) mass is 643 g/mol. The molecular formula is C39H54FN5O2. The molecule has 6 rings (SSSR count). The van der Waals surface area contributed by atoms with Crippen molar-refractivity contribution >= 4 is 22.8 Å². The van der Waals surface area contributed by atoms with Crippen molar-refractivity contribution in [3.63, 3.8) is 0 Å². The Morgan fingerprint density at radius 1 is 0.957 bits per heavy atom. The van der Waals surface area contributed by atoms with Gasteiger partial charge in [-0.2, -0.15) is 0 Å². The molecule has 3 aromatic rings. The molecule has 0 radical (unpaired) electrons. The number of halogens is 1. The Morgan fingerprint density at radius 2 is 1.66 bits per heavy atom. The van der Waals surface area contributed by atoms with E-state index in [9.17, 15) is 14.0 Å². The number of hydrogen-bond donors (Lipinski definition) is 1. The van der Waals surface area contributed by atoms with Crippen LogP contribution in [0.4, 0.5) is 4.39 Å². The summed E-state index contributed by atoms with van der Waals surface area (Å²) < 4.78 is 17.1. The van der Waals surface area contributed by atoms with Crippen molar-refractivity contribution in [3.8, 4) is 0 Å². The van der Waals surface area contributed by atoms with Crippen LogP contribution in [0, 0.1) is 24.1 Å². The number of likely N-dealkylation sites (tertiary alicyclic amines) is 1. The molecule has 4 heterocycles. The summed E-state index contributed by atoms with van der Waals surface area (Å²) in [5.41, 5.74) is 1.77. The highest BCUT2D eigenvalue weighted by molar-refractivity contribution is 5.93. The summed E-state index contributed by atoms with van der Waals surface area (Å²) in [6, 6.07) is 17.1. The molecule has 7 nitrogen and oxygen atoms in total. The third kappa shape index (κ3) is 6.59. The number of aromatic nitrogens is 2. The first-order valence-electron chi connectivity index (χ1n) is 18.0. The van der Waals surface area contributed by atoms with Crippen LogP contribution in [0.3, 0.4) is 0 Å². The van der Waals surface area contributed by atoms with E-state index in [1.165, 1.54) is 24.4 Å². The maximum atomic E-state index is 14.6. The van der Waals surface area contributed by atoms with Gasteiger partial charge in [-0.15, -0.1) is 0 Å². The van der Waals surface area contributed by atoms with Gasteiger partial charge in [-0.1, -0.05) is 58.9 Å². The molecular weight excluding hydrogens is 589 g/mol. The number of amides is 2. The van der Waals surface area contributed by atoms with Crippen molar-refractivity contribution in [2.75, 3.05) is 19.6 Å². The summed E-state index contributed by atoms with van der Waals surface area (Å²) in [4.78, 5) is 36.9. The van der Waals surface area contributed by atoms with Gasteiger partial charge in [0.15, 0.2) is 0 Å². The Hall–Kier alpha value is -3.26. The van der Waals surface area contributed by atoms with E-state index >= 15 is 0 Å². The number of fused-ring (bicyclic) bond motifs is 3. The van der Waals surface area contributed by atoms with Gasteiger partial charge in [-0.25, -0.2) is 9.37 Å². The number of benzene rings is 2. The first-order chi connectivity index (χ1) is 22.4. The van der Waals surface area contributed by atoms with E-state index in [1.54, 1.807) is 12.1 Å². The van der Waals surface area contributed by atoms with E-state index in [0.29, 0.717) is 50.0 Å². The van der Waals surface area contributed by atoms with Crippen LogP contribution >= 0.6 is 0 Å². The normalized spacial score (nSPS) is 25.3. The Balaban J connectivity index is 1.17. The molecule has 0 spiro atoms. The van der Waals surface area contributed by atoms with Crippen LogP contribution in [0.2, 0.25) is 0 Å². The van der Waals surface area contributed by atoms with Crippen LogP contribution in [0.1, 0.15) is 109 Å². The fourth-order valence-electron chi connectivity index (χ4n) is 8.90. The van der Waals surface area contributed by atoms with E-state index in [2.05, 4.69) is 46.0 Å². The molecule has 3 aliphatic rings. The summed E-state index contributed by atoms with van der Waals surface area (Å²) in [5, 5.41) is 3.15. The van der Waals surface area contributed by atoms with E-state index in [0.717, 1.165) is 49.1 Å². The van der Waals surface area contributed by atoms with Crippen LogP contribution < -0.4 is 5.32 Å². The molecule has 2 unspecified atom stereocenters. The lowest BCUT2D eigenvalue weighted by molar-refractivity contribution is -0.146. The van der Waals surface area contributed by atoms with Gasteiger partial charge in [0.1, 0.15) is 17.2 Å². The highest BCUT2D eigenvalue weighted by atomic mass is 19.1. The van der Waals surface area contributed by atoms with Gasteiger partial charge < -0.3 is 14.8 Å². The Labute approximate surface area is 280 Å². The van der Waals surface area contributed by atoms with Crippen LogP contribution in [-0.2, 0) is 9.59 Å². The average Bonchev–Trinajstić information content (AvgIpc) is 3.51. The second-order valence-corrected chi connectivity index (χ2v) is 15.5. The van der Waals surface area contributed by atoms with Crippen LogP contribution in [-0.4, -0.2) is 68.4 Å². The standard InChI is InChI=1S/C39H54FN5O2/c1-7-39(8-2,42-36(46)38(4,5)6)37(47)43-20-18-27(33(25-43)28-12-11-13-29(40)22-28)19-21-44-30-16-17-31(44)24-32(23-30)45-26(3)41-34-14-9-10-15-35(34)45/h9-15,22,27,30-33H,7-8,16-21,23-25H2,1-6H3,(H,42,46)/t27?,30-,31+,32+,33?. The number of carbonyl (C=O) groups is 2. The maximum Gasteiger partial charge on any atom is 0.248 e. The Bertz CT molecular complexity index is 1580. The smallest absolute Gasteiger partial charge is 0.248 e. The quantitative estimate of drug-likeness (QED) is 0.264. The lowest BCUT2D eigenvalue weighted by Crippen LogP contribution is -2.62. The minimum Gasteiger partial charge on any atom is -0.341 e. The van der Waals surface area contributed by atoms with Crippen molar-refractivity contribution < 1.29 is 14.0 Å². The molecule has 0 aliphatic carbocycles. The molecule has 3 fully saturated rings. The molecule has 1 aromatic heterocycles.